The van der Waals surface area contributed by atoms with Crippen LogP contribution in [0.3, 0.4) is 0 Å². The van der Waals surface area contributed by atoms with Crippen LogP contribution in [-0.2, 0) is 0 Å². The molecule has 0 rings (SSSR count). The van der Waals surface area contributed by atoms with Crippen LogP contribution < -0.4 is 0 Å². The van der Waals surface area contributed by atoms with E-state index < -0.39 is 0 Å². The second-order valence-corrected chi connectivity index (χ2v) is 4.19. The maximum Gasteiger partial charge on any atom is -0.0381 e. The predicted molar refractivity (Wildman–Crippen MR) is 61.8 cm³/mol. The van der Waals surface area contributed by atoms with E-state index in [-0.39, 0.29) is 0 Å². The SMILES string of the molecule is CCCCCCCCCCCP. The minimum atomic E-state index is 1.29. The molecular formula is C11H25P. The van der Waals surface area contributed by atoms with E-state index in [2.05, 4.69) is 16.2 Å². The number of hydrogen-bond donors (Lipinski definition) is 0. The average Bonchev–Trinajstić information content (AvgIpc) is 2.10. The number of rotatable bonds is 9. The van der Waals surface area contributed by atoms with Crippen molar-refractivity contribution in [1.82, 2.24) is 0 Å². The molecule has 0 saturated heterocycles. The smallest absolute Gasteiger partial charge is 0.0381 e. The molecule has 0 aliphatic heterocycles. The van der Waals surface area contributed by atoms with Crippen molar-refractivity contribution < 1.29 is 0 Å². The van der Waals surface area contributed by atoms with Crippen LogP contribution in [-0.4, -0.2) is 6.16 Å². The van der Waals surface area contributed by atoms with Gasteiger partial charge in [-0.05, 0) is 12.6 Å². The molecule has 0 nitrogen and oxygen atoms in total. The van der Waals surface area contributed by atoms with E-state index >= 15 is 0 Å². The first-order valence-electron chi connectivity index (χ1n) is 5.62. The monoisotopic (exact) mass is 188 g/mol. The van der Waals surface area contributed by atoms with E-state index in [4.69, 9.17) is 0 Å². The fourth-order valence-electron chi connectivity index (χ4n) is 1.45. The van der Waals surface area contributed by atoms with Crippen molar-refractivity contribution in [1.29, 1.82) is 0 Å². The zero-order valence-electron chi connectivity index (χ0n) is 8.65. The minimum Gasteiger partial charge on any atom is -0.138 e. The first-order chi connectivity index (χ1) is 5.91. The van der Waals surface area contributed by atoms with Crippen molar-refractivity contribution in [3.8, 4) is 0 Å². The summed E-state index contributed by atoms with van der Waals surface area (Å²) in [4.78, 5) is 0. The first-order valence-corrected chi connectivity index (χ1v) is 6.43. The molecule has 0 aliphatic rings. The Labute approximate surface area is 80.7 Å². The second-order valence-electron chi connectivity index (χ2n) is 3.62. The van der Waals surface area contributed by atoms with Gasteiger partial charge in [-0.3, -0.25) is 0 Å². The third-order valence-electron chi connectivity index (χ3n) is 2.31. The van der Waals surface area contributed by atoms with Crippen molar-refractivity contribution in [3.63, 3.8) is 0 Å². The molecule has 0 aliphatic carbocycles. The number of unbranched alkanes of at least 4 members (excludes halogenated alkanes) is 8. The molecule has 0 aromatic rings. The van der Waals surface area contributed by atoms with Gasteiger partial charge in [-0.15, -0.1) is 9.24 Å². The van der Waals surface area contributed by atoms with E-state index in [0.29, 0.717) is 0 Å². The van der Waals surface area contributed by atoms with E-state index in [0.717, 1.165) is 0 Å². The fraction of sp³-hybridized carbons (Fsp3) is 1.00. The molecule has 0 N–H and O–H groups in total. The molecule has 0 radical (unpaired) electrons. The zero-order chi connectivity index (χ0) is 9.07. The summed E-state index contributed by atoms with van der Waals surface area (Å²) in [6.45, 7) is 2.28. The molecule has 0 heterocycles. The lowest BCUT2D eigenvalue weighted by Crippen LogP contribution is -1.81. The molecule has 0 fully saturated rings. The van der Waals surface area contributed by atoms with E-state index in [1.54, 1.807) is 0 Å². The molecule has 1 atom stereocenters. The molecule has 0 aromatic carbocycles. The molecule has 74 valence electrons. The Kier molecular flexibility index (Phi) is 11.8. The van der Waals surface area contributed by atoms with Crippen LogP contribution in [0.5, 0.6) is 0 Å². The molecule has 0 spiro atoms. The first kappa shape index (κ1) is 12.4. The topological polar surface area (TPSA) is 0 Å². The van der Waals surface area contributed by atoms with Crippen molar-refractivity contribution in [3.05, 3.63) is 0 Å². The van der Waals surface area contributed by atoms with Crippen LogP contribution in [0.1, 0.15) is 64.7 Å². The van der Waals surface area contributed by atoms with Gasteiger partial charge in [0.25, 0.3) is 0 Å². The molecule has 0 amide bonds. The maximum atomic E-state index is 2.80. The summed E-state index contributed by atoms with van der Waals surface area (Å²) in [5.74, 6) is 0. The molecule has 0 aromatic heterocycles. The highest BCUT2D eigenvalue weighted by Gasteiger charge is 1.90. The molecule has 0 bridgehead atoms. The third kappa shape index (κ3) is 10.4. The summed E-state index contributed by atoms with van der Waals surface area (Å²) in [6, 6.07) is 0. The van der Waals surface area contributed by atoms with E-state index in [9.17, 15) is 0 Å². The van der Waals surface area contributed by atoms with Crippen LogP contribution in [0.2, 0.25) is 0 Å². The molecule has 1 unspecified atom stereocenters. The zero-order valence-corrected chi connectivity index (χ0v) is 9.80. The molecular weight excluding hydrogens is 163 g/mol. The van der Waals surface area contributed by atoms with Gasteiger partial charge < -0.3 is 0 Å². The van der Waals surface area contributed by atoms with Crippen LogP contribution in [0, 0.1) is 0 Å². The van der Waals surface area contributed by atoms with Crippen molar-refractivity contribution in [2.75, 3.05) is 6.16 Å². The van der Waals surface area contributed by atoms with Crippen LogP contribution >= 0.6 is 9.24 Å². The van der Waals surface area contributed by atoms with Gasteiger partial charge in [0.1, 0.15) is 0 Å². The normalized spacial score (nSPS) is 10.5. The third-order valence-corrected chi connectivity index (χ3v) is 2.72. The van der Waals surface area contributed by atoms with Gasteiger partial charge >= 0.3 is 0 Å². The number of hydrogen-bond acceptors (Lipinski definition) is 0. The minimum absolute atomic E-state index is 1.29. The highest BCUT2D eigenvalue weighted by atomic mass is 31.0. The van der Waals surface area contributed by atoms with Crippen molar-refractivity contribution in [2.45, 2.75) is 64.7 Å². The van der Waals surface area contributed by atoms with Gasteiger partial charge in [-0.25, -0.2) is 0 Å². The summed E-state index contributed by atoms with van der Waals surface area (Å²) in [5.41, 5.74) is 0. The highest BCUT2D eigenvalue weighted by molar-refractivity contribution is 7.16. The van der Waals surface area contributed by atoms with Gasteiger partial charge in [-0.1, -0.05) is 58.3 Å². The Balaban J connectivity index is 2.73. The van der Waals surface area contributed by atoms with Gasteiger partial charge in [0.05, 0.1) is 0 Å². The summed E-state index contributed by atoms with van der Waals surface area (Å²) in [6.07, 6.45) is 14.3. The second kappa shape index (κ2) is 11.4. The Morgan fingerprint density at radius 1 is 0.667 bits per heavy atom. The van der Waals surface area contributed by atoms with Gasteiger partial charge in [0.15, 0.2) is 0 Å². The largest absolute Gasteiger partial charge is 0.138 e. The summed E-state index contributed by atoms with van der Waals surface area (Å²) in [7, 11) is 2.80. The lowest BCUT2D eigenvalue weighted by molar-refractivity contribution is 0.573. The van der Waals surface area contributed by atoms with Crippen LogP contribution in [0.25, 0.3) is 0 Å². The summed E-state index contributed by atoms with van der Waals surface area (Å²) < 4.78 is 0. The fourth-order valence-corrected chi connectivity index (χ4v) is 1.74. The van der Waals surface area contributed by atoms with Crippen LogP contribution in [0.4, 0.5) is 0 Å². The Morgan fingerprint density at radius 3 is 1.50 bits per heavy atom. The molecule has 0 saturated carbocycles. The standard InChI is InChI=1S/C11H25P/c1-2-3-4-5-6-7-8-9-10-11-12/h2-12H2,1H3. The van der Waals surface area contributed by atoms with Crippen molar-refractivity contribution >= 4 is 9.24 Å². The molecule has 1 heteroatoms. The van der Waals surface area contributed by atoms with Gasteiger partial charge in [0, 0.05) is 0 Å². The maximum absolute atomic E-state index is 2.80. The average molecular weight is 188 g/mol. The van der Waals surface area contributed by atoms with Crippen molar-refractivity contribution in [2.24, 2.45) is 0 Å². The van der Waals surface area contributed by atoms with Crippen LogP contribution in [0.15, 0.2) is 0 Å². The predicted octanol–water partition coefficient (Wildman–Crippen LogP) is 4.39. The lowest BCUT2D eigenvalue weighted by atomic mass is 10.1. The summed E-state index contributed by atoms with van der Waals surface area (Å²) >= 11 is 0. The Hall–Kier alpha value is 0.430. The van der Waals surface area contributed by atoms with Gasteiger partial charge in [0.2, 0.25) is 0 Å². The Bertz CT molecular complexity index is 61.4. The Morgan fingerprint density at radius 2 is 1.08 bits per heavy atom. The highest BCUT2D eigenvalue weighted by Crippen LogP contribution is 2.09. The lowest BCUT2D eigenvalue weighted by Gasteiger charge is -1.99. The quantitative estimate of drug-likeness (QED) is 0.372. The van der Waals surface area contributed by atoms with E-state index in [1.807, 2.05) is 0 Å². The summed E-state index contributed by atoms with van der Waals surface area (Å²) in [5, 5.41) is 0. The van der Waals surface area contributed by atoms with Gasteiger partial charge in [-0.2, -0.15) is 0 Å². The van der Waals surface area contributed by atoms with E-state index in [1.165, 1.54) is 63.9 Å². The molecule has 12 heavy (non-hydrogen) atoms.